The lowest BCUT2D eigenvalue weighted by Crippen LogP contribution is -2.42. The van der Waals surface area contributed by atoms with Gasteiger partial charge >= 0.3 is 0 Å². The van der Waals surface area contributed by atoms with Crippen LogP contribution in [-0.4, -0.2) is 31.8 Å². The Kier molecular flexibility index (Phi) is 3.95. The van der Waals surface area contributed by atoms with Crippen LogP contribution in [0.5, 0.6) is 0 Å². The van der Waals surface area contributed by atoms with E-state index in [-0.39, 0.29) is 5.91 Å². The van der Waals surface area contributed by atoms with Gasteiger partial charge in [0.2, 0.25) is 0 Å². The molecule has 1 fully saturated rings. The molecule has 0 bridgehead atoms. The molecule has 1 aliphatic rings. The Labute approximate surface area is 117 Å². The van der Waals surface area contributed by atoms with E-state index in [9.17, 15) is 4.79 Å². The topological polar surface area (TPSA) is 47.6 Å². The summed E-state index contributed by atoms with van der Waals surface area (Å²) in [7, 11) is 0. The quantitative estimate of drug-likeness (QED) is 0.927. The molecule has 1 heterocycles. The standard InChI is InChI=1S/C16H17NO3/c18-16(15-11-19-8-9-20-15)17-10-13-6-3-5-12-4-1-2-7-14(12)13/h1-7,15H,8-11H2,(H,17,18)/t15-/m0/s1. The number of benzene rings is 2. The summed E-state index contributed by atoms with van der Waals surface area (Å²) in [4.78, 5) is 12.0. The second-order valence-corrected chi connectivity index (χ2v) is 4.79. The fourth-order valence-corrected chi connectivity index (χ4v) is 2.38. The molecule has 3 rings (SSSR count). The van der Waals surface area contributed by atoms with Gasteiger partial charge in [0.05, 0.1) is 19.8 Å². The molecule has 4 nitrogen and oxygen atoms in total. The van der Waals surface area contributed by atoms with E-state index >= 15 is 0 Å². The van der Waals surface area contributed by atoms with Crippen LogP contribution in [0.2, 0.25) is 0 Å². The van der Waals surface area contributed by atoms with E-state index in [0.29, 0.717) is 26.4 Å². The first-order valence-corrected chi connectivity index (χ1v) is 6.78. The van der Waals surface area contributed by atoms with Crippen molar-refractivity contribution in [3.63, 3.8) is 0 Å². The molecule has 2 aromatic rings. The minimum absolute atomic E-state index is 0.113. The van der Waals surface area contributed by atoms with Crippen LogP contribution >= 0.6 is 0 Å². The molecular formula is C16H17NO3. The molecule has 0 unspecified atom stereocenters. The fourth-order valence-electron chi connectivity index (χ4n) is 2.38. The average molecular weight is 271 g/mol. The maximum absolute atomic E-state index is 12.0. The second kappa shape index (κ2) is 6.03. The zero-order valence-corrected chi connectivity index (χ0v) is 11.2. The van der Waals surface area contributed by atoms with Gasteiger partial charge < -0.3 is 14.8 Å². The minimum Gasteiger partial charge on any atom is -0.376 e. The molecule has 4 heteroatoms. The van der Waals surface area contributed by atoms with Gasteiger partial charge in [-0.3, -0.25) is 4.79 Å². The van der Waals surface area contributed by atoms with Crippen LogP contribution in [0.25, 0.3) is 10.8 Å². The summed E-state index contributed by atoms with van der Waals surface area (Å²) >= 11 is 0. The predicted molar refractivity (Wildman–Crippen MR) is 76.4 cm³/mol. The highest BCUT2D eigenvalue weighted by atomic mass is 16.6. The Bertz CT molecular complexity index is 600. The molecule has 0 aliphatic carbocycles. The molecule has 1 N–H and O–H groups in total. The Balaban J connectivity index is 1.69. The van der Waals surface area contributed by atoms with Crippen LogP contribution < -0.4 is 5.32 Å². The number of rotatable bonds is 3. The SMILES string of the molecule is O=C(NCc1cccc2ccccc12)[C@@H]1COCCO1. The van der Waals surface area contributed by atoms with Crippen LogP contribution in [0.3, 0.4) is 0 Å². The van der Waals surface area contributed by atoms with Gasteiger partial charge in [-0.05, 0) is 16.3 Å². The van der Waals surface area contributed by atoms with Gasteiger partial charge in [-0.25, -0.2) is 0 Å². The van der Waals surface area contributed by atoms with Crippen LogP contribution in [0, 0.1) is 0 Å². The summed E-state index contributed by atoms with van der Waals surface area (Å²) in [6, 6.07) is 14.3. The first-order chi connectivity index (χ1) is 9.84. The molecule has 0 spiro atoms. The number of amides is 1. The van der Waals surface area contributed by atoms with Crippen LogP contribution in [0.4, 0.5) is 0 Å². The Hall–Kier alpha value is -1.91. The summed E-state index contributed by atoms with van der Waals surface area (Å²) in [6.45, 7) is 1.88. The van der Waals surface area contributed by atoms with Crippen LogP contribution in [0.1, 0.15) is 5.56 Å². The number of carbonyl (C=O) groups excluding carboxylic acids is 1. The van der Waals surface area contributed by atoms with Crippen LogP contribution in [0.15, 0.2) is 42.5 Å². The number of nitrogens with one attached hydrogen (secondary N) is 1. The fraction of sp³-hybridized carbons (Fsp3) is 0.312. The van der Waals surface area contributed by atoms with Gasteiger partial charge in [-0.15, -0.1) is 0 Å². The molecule has 1 atom stereocenters. The lowest BCUT2D eigenvalue weighted by atomic mass is 10.0. The van der Waals surface area contributed by atoms with Gasteiger partial charge in [0.15, 0.2) is 6.10 Å². The van der Waals surface area contributed by atoms with Crippen molar-refractivity contribution in [3.05, 3.63) is 48.0 Å². The van der Waals surface area contributed by atoms with E-state index in [0.717, 1.165) is 10.9 Å². The van der Waals surface area contributed by atoms with Crippen molar-refractivity contribution in [3.8, 4) is 0 Å². The van der Waals surface area contributed by atoms with Crippen molar-refractivity contribution in [2.24, 2.45) is 0 Å². The summed E-state index contributed by atoms with van der Waals surface area (Å²) < 4.78 is 10.6. The largest absolute Gasteiger partial charge is 0.376 e. The van der Waals surface area contributed by atoms with Gasteiger partial charge in [0.1, 0.15) is 0 Å². The predicted octanol–water partition coefficient (Wildman–Crippen LogP) is 1.87. The monoisotopic (exact) mass is 271 g/mol. The van der Waals surface area contributed by atoms with Crippen molar-refractivity contribution < 1.29 is 14.3 Å². The minimum atomic E-state index is -0.487. The van der Waals surface area contributed by atoms with E-state index in [1.54, 1.807) is 0 Å². The van der Waals surface area contributed by atoms with Crippen molar-refractivity contribution in [1.82, 2.24) is 5.32 Å². The number of hydrogen-bond donors (Lipinski definition) is 1. The highest BCUT2D eigenvalue weighted by Gasteiger charge is 2.22. The molecule has 0 aromatic heterocycles. The number of carbonyl (C=O) groups is 1. The third kappa shape index (κ3) is 2.81. The maximum atomic E-state index is 12.0. The van der Waals surface area contributed by atoms with Crippen molar-refractivity contribution in [1.29, 1.82) is 0 Å². The Morgan fingerprint density at radius 3 is 2.85 bits per heavy atom. The first-order valence-electron chi connectivity index (χ1n) is 6.78. The van der Waals surface area contributed by atoms with Crippen molar-refractivity contribution in [2.75, 3.05) is 19.8 Å². The highest BCUT2D eigenvalue weighted by molar-refractivity contribution is 5.86. The lowest BCUT2D eigenvalue weighted by Gasteiger charge is -2.22. The summed E-state index contributed by atoms with van der Waals surface area (Å²) in [6.07, 6.45) is -0.487. The molecular weight excluding hydrogens is 254 g/mol. The number of ether oxygens (including phenoxy) is 2. The Morgan fingerprint density at radius 2 is 2.00 bits per heavy atom. The number of hydrogen-bond acceptors (Lipinski definition) is 3. The second-order valence-electron chi connectivity index (χ2n) is 4.79. The molecule has 1 aliphatic heterocycles. The van der Waals surface area contributed by atoms with E-state index in [4.69, 9.17) is 9.47 Å². The van der Waals surface area contributed by atoms with Gasteiger partial charge in [0.25, 0.3) is 5.91 Å². The zero-order valence-electron chi connectivity index (χ0n) is 11.2. The molecule has 20 heavy (non-hydrogen) atoms. The molecule has 104 valence electrons. The third-order valence-electron chi connectivity index (χ3n) is 3.44. The highest BCUT2D eigenvalue weighted by Crippen LogP contribution is 2.18. The molecule has 0 radical (unpaired) electrons. The summed E-state index contributed by atoms with van der Waals surface area (Å²) in [5, 5.41) is 5.26. The molecule has 2 aromatic carbocycles. The van der Waals surface area contributed by atoms with Gasteiger partial charge in [-0.2, -0.15) is 0 Å². The zero-order chi connectivity index (χ0) is 13.8. The van der Waals surface area contributed by atoms with Gasteiger partial charge in [-0.1, -0.05) is 42.5 Å². The third-order valence-corrected chi connectivity index (χ3v) is 3.44. The smallest absolute Gasteiger partial charge is 0.251 e. The summed E-state index contributed by atoms with van der Waals surface area (Å²) in [5.41, 5.74) is 1.10. The van der Waals surface area contributed by atoms with E-state index in [2.05, 4.69) is 23.5 Å². The van der Waals surface area contributed by atoms with E-state index in [1.165, 1.54) is 5.39 Å². The average Bonchev–Trinajstić information content (AvgIpc) is 2.53. The van der Waals surface area contributed by atoms with E-state index in [1.807, 2.05) is 24.3 Å². The normalized spacial score (nSPS) is 18.9. The number of fused-ring (bicyclic) bond motifs is 1. The summed E-state index contributed by atoms with van der Waals surface area (Å²) in [5.74, 6) is -0.113. The molecule has 0 saturated carbocycles. The maximum Gasteiger partial charge on any atom is 0.251 e. The van der Waals surface area contributed by atoms with Gasteiger partial charge in [0, 0.05) is 6.54 Å². The lowest BCUT2D eigenvalue weighted by molar-refractivity contribution is -0.147. The van der Waals surface area contributed by atoms with Crippen molar-refractivity contribution >= 4 is 16.7 Å². The van der Waals surface area contributed by atoms with Crippen LogP contribution in [-0.2, 0) is 20.8 Å². The molecule has 1 saturated heterocycles. The first kappa shape index (κ1) is 13.1. The molecule has 1 amide bonds. The Morgan fingerprint density at radius 1 is 1.15 bits per heavy atom. The van der Waals surface area contributed by atoms with E-state index < -0.39 is 6.10 Å². The van der Waals surface area contributed by atoms with Crippen molar-refractivity contribution in [2.45, 2.75) is 12.6 Å².